The van der Waals surface area contributed by atoms with E-state index in [1.54, 1.807) is 5.57 Å². The summed E-state index contributed by atoms with van der Waals surface area (Å²) in [5.74, 6) is 0.893. The number of rotatable bonds is 1. The summed E-state index contributed by atoms with van der Waals surface area (Å²) < 4.78 is 0. The number of allylic oxidation sites excluding steroid dienone is 1. The van der Waals surface area contributed by atoms with Crippen molar-refractivity contribution in [3.05, 3.63) is 41.5 Å². The zero-order chi connectivity index (χ0) is 14.9. The molecular formula is C19H24N2O. The summed E-state index contributed by atoms with van der Waals surface area (Å²) in [6, 6.07) is 9.89. The lowest BCUT2D eigenvalue weighted by Crippen LogP contribution is -2.62. The number of aliphatic hydroxyl groups excluding tert-OH is 1. The van der Waals surface area contributed by atoms with Crippen molar-refractivity contribution in [2.75, 3.05) is 25.0 Å². The van der Waals surface area contributed by atoms with Crippen molar-refractivity contribution in [1.29, 1.82) is 0 Å². The van der Waals surface area contributed by atoms with Gasteiger partial charge in [-0.15, -0.1) is 0 Å². The van der Waals surface area contributed by atoms with Crippen molar-refractivity contribution >= 4 is 5.69 Å². The van der Waals surface area contributed by atoms with Crippen LogP contribution >= 0.6 is 0 Å². The number of nitrogens with one attached hydrogen (secondary N) is 1. The molecule has 3 heterocycles. The van der Waals surface area contributed by atoms with Gasteiger partial charge < -0.3 is 10.4 Å². The van der Waals surface area contributed by atoms with Gasteiger partial charge in [-0.3, -0.25) is 4.90 Å². The standard InChI is InChI=1S/C19H24N2O/c1-2-12-10-21-8-7-19-15-5-3-4-6-16(15)20-18(19)14(11-22)13(12)9-17(19)21/h2-6,13-14,17-18,20,22H,7-11H2,1H3/b12-2-/t13-,14-,17+,18-,19+/m0/s1. The highest BCUT2D eigenvalue weighted by molar-refractivity contribution is 5.65. The first-order valence-electron chi connectivity index (χ1n) is 8.65. The lowest BCUT2D eigenvalue weighted by Gasteiger charge is -2.54. The van der Waals surface area contributed by atoms with E-state index in [0.29, 0.717) is 30.5 Å². The zero-order valence-corrected chi connectivity index (χ0v) is 13.1. The van der Waals surface area contributed by atoms with Crippen LogP contribution in [0.5, 0.6) is 0 Å². The Hall–Kier alpha value is -1.32. The van der Waals surface area contributed by atoms with Crippen molar-refractivity contribution in [2.24, 2.45) is 11.8 Å². The van der Waals surface area contributed by atoms with Crippen LogP contribution < -0.4 is 5.32 Å². The van der Waals surface area contributed by atoms with E-state index in [-0.39, 0.29) is 5.41 Å². The molecule has 3 nitrogen and oxygen atoms in total. The molecule has 1 spiro atoms. The highest BCUT2D eigenvalue weighted by atomic mass is 16.3. The van der Waals surface area contributed by atoms with Crippen LogP contribution in [0.2, 0.25) is 0 Å². The third kappa shape index (κ3) is 1.35. The Kier molecular flexibility index (Phi) is 2.61. The van der Waals surface area contributed by atoms with Crippen LogP contribution in [0.15, 0.2) is 35.9 Å². The fourth-order valence-electron chi connectivity index (χ4n) is 6.13. The highest BCUT2D eigenvalue weighted by Crippen LogP contribution is 2.60. The lowest BCUT2D eigenvalue weighted by atomic mass is 9.56. The maximum atomic E-state index is 10.2. The van der Waals surface area contributed by atoms with Crippen LogP contribution in [0.3, 0.4) is 0 Å². The van der Waals surface area contributed by atoms with E-state index in [9.17, 15) is 5.11 Å². The summed E-state index contributed by atoms with van der Waals surface area (Å²) >= 11 is 0. The van der Waals surface area contributed by atoms with E-state index in [1.807, 2.05) is 0 Å². The number of aliphatic hydroxyl groups is 1. The Morgan fingerprint density at radius 1 is 1.41 bits per heavy atom. The van der Waals surface area contributed by atoms with Gasteiger partial charge in [0.05, 0.1) is 0 Å². The minimum Gasteiger partial charge on any atom is -0.396 e. The summed E-state index contributed by atoms with van der Waals surface area (Å²) in [5, 5.41) is 14.0. The first-order chi connectivity index (χ1) is 10.8. The van der Waals surface area contributed by atoms with Crippen molar-refractivity contribution in [3.63, 3.8) is 0 Å². The van der Waals surface area contributed by atoms with Gasteiger partial charge in [0.2, 0.25) is 0 Å². The molecule has 3 heteroatoms. The van der Waals surface area contributed by atoms with Crippen LogP contribution in [-0.2, 0) is 5.41 Å². The Balaban J connectivity index is 1.71. The van der Waals surface area contributed by atoms with Crippen molar-refractivity contribution in [1.82, 2.24) is 4.90 Å². The SMILES string of the molecule is C/C=C1/CN2CC[C@]34c5ccccc5N[C@H]3[C@@H](CO)[C@H]1C[C@@H]24. The molecular weight excluding hydrogens is 272 g/mol. The molecule has 0 amide bonds. The minimum atomic E-state index is 0.222. The topological polar surface area (TPSA) is 35.5 Å². The second-order valence-corrected chi connectivity index (χ2v) is 7.50. The summed E-state index contributed by atoms with van der Waals surface area (Å²) in [7, 11) is 0. The predicted octanol–water partition coefficient (Wildman–Crippen LogP) is 2.38. The Labute approximate surface area is 132 Å². The van der Waals surface area contributed by atoms with Gasteiger partial charge in [-0.2, -0.15) is 0 Å². The molecule has 3 fully saturated rings. The smallest absolute Gasteiger partial charge is 0.0484 e. The number of hydrogen-bond donors (Lipinski definition) is 2. The summed E-state index contributed by atoms with van der Waals surface area (Å²) in [6.45, 7) is 4.76. The molecule has 2 bridgehead atoms. The summed E-state index contributed by atoms with van der Waals surface area (Å²) in [5.41, 5.74) is 4.58. The molecule has 0 aromatic heterocycles. The van der Waals surface area contributed by atoms with Crippen LogP contribution in [0, 0.1) is 11.8 Å². The van der Waals surface area contributed by atoms with E-state index in [2.05, 4.69) is 47.5 Å². The number of hydrogen-bond acceptors (Lipinski definition) is 3. The van der Waals surface area contributed by atoms with E-state index < -0.39 is 0 Å². The van der Waals surface area contributed by atoms with E-state index in [0.717, 1.165) is 6.54 Å². The second kappa shape index (κ2) is 4.36. The first-order valence-corrected chi connectivity index (χ1v) is 8.65. The predicted molar refractivity (Wildman–Crippen MR) is 87.9 cm³/mol. The number of fused-ring (bicyclic) bond motifs is 2. The van der Waals surface area contributed by atoms with Gasteiger partial charge in [-0.1, -0.05) is 29.8 Å². The maximum Gasteiger partial charge on any atom is 0.0484 e. The Morgan fingerprint density at radius 2 is 2.27 bits per heavy atom. The van der Waals surface area contributed by atoms with Crippen LogP contribution in [-0.4, -0.2) is 41.8 Å². The fraction of sp³-hybridized carbons (Fsp3) is 0.579. The van der Waals surface area contributed by atoms with E-state index in [1.165, 1.54) is 30.6 Å². The van der Waals surface area contributed by atoms with Gasteiger partial charge in [0.25, 0.3) is 0 Å². The zero-order valence-electron chi connectivity index (χ0n) is 13.1. The monoisotopic (exact) mass is 296 g/mol. The molecule has 4 aliphatic rings. The quantitative estimate of drug-likeness (QED) is 0.781. The molecule has 0 radical (unpaired) electrons. The average Bonchev–Trinajstić information content (AvgIpc) is 3.11. The van der Waals surface area contributed by atoms with Gasteiger partial charge in [0.1, 0.15) is 0 Å². The van der Waals surface area contributed by atoms with Crippen LogP contribution in [0.4, 0.5) is 5.69 Å². The van der Waals surface area contributed by atoms with Gasteiger partial charge in [-0.25, -0.2) is 0 Å². The Morgan fingerprint density at radius 3 is 3.09 bits per heavy atom. The fourth-order valence-corrected chi connectivity index (χ4v) is 6.13. The van der Waals surface area contributed by atoms with Crippen molar-refractivity contribution in [3.8, 4) is 0 Å². The number of anilines is 1. The third-order valence-corrected chi connectivity index (χ3v) is 7.01. The molecule has 1 aromatic carbocycles. The third-order valence-electron chi connectivity index (χ3n) is 7.01. The molecule has 1 aromatic rings. The van der Waals surface area contributed by atoms with E-state index >= 15 is 0 Å². The number of piperidine rings is 1. The molecule has 3 aliphatic heterocycles. The number of benzene rings is 1. The van der Waals surface area contributed by atoms with E-state index in [4.69, 9.17) is 0 Å². The Bertz CT molecular complexity index is 655. The molecule has 22 heavy (non-hydrogen) atoms. The maximum absolute atomic E-state index is 10.2. The van der Waals surface area contributed by atoms with Crippen molar-refractivity contribution in [2.45, 2.75) is 37.3 Å². The minimum absolute atomic E-state index is 0.222. The molecule has 2 N–H and O–H groups in total. The molecule has 5 atom stereocenters. The molecule has 5 rings (SSSR count). The normalized spacial score (nSPS) is 43.8. The molecule has 116 valence electrons. The van der Waals surface area contributed by atoms with Crippen LogP contribution in [0.25, 0.3) is 0 Å². The molecule has 0 unspecified atom stereocenters. The number of para-hydroxylation sites is 1. The van der Waals surface area contributed by atoms with Gasteiger partial charge in [-0.05, 0) is 43.9 Å². The van der Waals surface area contributed by atoms with Crippen LogP contribution in [0.1, 0.15) is 25.3 Å². The largest absolute Gasteiger partial charge is 0.396 e. The molecule has 1 aliphatic carbocycles. The molecule has 2 saturated heterocycles. The molecule has 1 saturated carbocycles. The highest BCUT2D eigenvalue weighted by Gasteiger charge is 2.64. The summed E-state index contributed by atoms with van der Waals surface area (Å²) in [4.78, 5) is 2.70. The summed E-state index contributed by atoms with van der Waals surface area (Å²) in [6.07, 6.45) is 4.75. The van der Waals surface area contributed by atoms with Crippen molar-refractivity contribution < 1.29 is 5.11 Å². The number of nitrogens with zero attached hydrogens (tertiary/aromatic N) is 1. The van der Waals surface area contributed by atoms with Gasteiger partial charge in [0.15, 0.2) is 0 Å². The second-order valence-electron chi connectivity index (χ2n) is 7.50. The lowest BCUT2D eigenvalue weighted by molar-refractivity contribution is 0.0298. The van der Waals surface area contributed by atoms with Gasteiger partial charge in [0, 0.05) is 42.3 Å². The first kappa shape index (κ1) is 13.1. The van der Waals surface area contributed by atoms with Gasteiger partial charge >= 0.3 is 0 Å². The average molecular weight is 296 g/mol.